The number of hydrazone groups is 1. The molecule has 0 unspecified atom stereocenters. The summed E-state index contributed by atoms with van der Waals surface area (Å²) in [6, 6.07) is 8.74. The van der Waals surface area contributed by atoms with Crippen molar-refractivity contribution in [3.05, 3.63) is 50.4 Å². The maximum atomic E-state index is 11.9. The molecule has 6 nitrogen and oxygen atoms in total. The smallest absolute Gasteiger partial charge is 0.244 e. The van der Waals surface area contributed by atoms with Crippen LogP contribution < -0.4 is 14.9 Å². The highest BCUT2D eigenvalue weighted by Crippen LogP contribution is 2.32. The average Bonchev–Trinajstić information content (AvgIpc) is 2.99. The van der Waals surface area contributed by atoms with Crippen LogP contribution in [0, 0.1) is 0 Å². The Kier molecular flexibility index (Phi) is 5.06. The quantitative estimate of drug-likeness (QED) is 0.547. The van der Waals surface area contributed by atoms with Crippen molar-refractivity contribution in [2.45, 2.75) is 6.42 Å². The number of phenols is 1. The van der Waals surface area contributed by atoms with Crippen molar-refractivity contribution in [2.75, 3.05) is 6.79 Å². The van der Waals surface area contributed by atoms with E-state index in [0.717, 1.165) is 10.0 Å². The number of ether oxygens (including phenoxy) is 2. The van der Waals surface area contributed by atoms with Gasteiger partial charge >= 0.3 is 0 Å². The summed E-state index contributed by atoms with van der Waals surface area (Å²) < 4.78 is 11.8. The van der Waals surface area contributed by atoms with E-state index < -0.39 is 0 Å². The van der Waals surface area contributed by atoms with Gasteiger partial charge in [-0.05, 0) is 45.8 Å². The van der Waals surface area contributed by atoms with Crippen molar-refractivity contribution in [1.82, 2.24) is 5.43 Å². The highest BCUT2D eigenvalue weighted by atomic mass is 79.9. The molecule has 124 valence electrons. The molecule has 8 heteroatoms. The zero-order valence-corrected chi connectivity index (χ0v) is 15.4. The molecule has 0 saturated carbocycles. The van der Waals surface area contributed by atoms with Gasteiger partial charge < -0.3 is 14.6 Å². The van der Waals surface area contributed by atoms with E-state index in [-0.39, 0.29) is 24.9 Å². The monoisotopic (exact) mass is 454 g/mol. The molecule has 1 aliphatic heterocycles. The topological polar surface area (TPSA) is 80.2 Å². The Morgan fingerprint density at radius 1 is 1.25 bits per heavy atom. The minimum absolute atomic E-state index is 0.0481. The zero-order valence-electron chi connectivity index (χ0n) is 12.3. The second kappa shape index (κ2) is 7.23. The van der Waals surface area contributed by atoms with Crippen molar-refractivity contribution in [1.29, 1.82) is 0 Å². The van der Waals surface area contributed by atoms with Gasteiger partial charge in [-0.15, -0.1) is 0 Å². The van der Waals surface area contributed by atoms with E-state index in [9.17, 15) is 9.90 Å². The predicted molar refractivity (Wildman–Crippen MR) is 95.5 cm³/mol. The molecule has 0 aromatic heterocycles. The average molecular weight is 456 g/mol. The molecule has 2 N–H and O–H groups in total. The number of nitrogens with zero attached hydrogens (tertiary/aromatic N) is 1. The number of nitrogens with one attached hydrogen (secondary N) is 1. The molecule has 24 heavy (non-hydrogen) atoms. The van der Waals surface area contributed by atoms with Gasteiger partial charge in [0.15, 0.2) is 11.5 Å². The lowest BCUT2D eigenvalue weighted by molar-refractivity contribution is -0.120. The molecule has 0 aliphatic carbocycles. The Bertz CT molecular complexity index is 824. The summed E-state index contributed by atoms with van der Waals surface area (Å²) in [4.78, 5) is 11.9. The molecule has 0 saturated heterocycles. The Balaban J connectivity index is 1.61. The number of carbonyl (C=O) groups excluding carboxylic acids is 1. The van der Waals surface area contributed by atoms with Crippen molar-refractivity contribution >= 4 is 44.0 Å². The number of rotatable bonds is 4. The summed E-state index contributed by atoms with van der Waals surface area (Å²) in [7, 11) is 0. The van der Waals surface area contributed by atoms with Crippen molar-refractivity contribution in [3.8, 4) is 17.2 Å². The van der Waals surface area contributed by atoms with E-state index in [0.29, 0.717) is 21.5 Å². The predicted octanol–water partition coefficient (Wildman–Crippen LogP) is 3.34. The largest absolute Gasteiger partial charge is 0.506 e. The van der Waals surface area contributed by atoms with Gasteiger partial charge in [0.2, 0.25) is 12.7 Å². The fourth-order valence-electron chi connectivity index (χ4n) is 2.13. The lowest BCUT2D eigenvalue weighted by Crippen LogP contribution is -2.19. The van der Waals surface area contributed by atoms with Crippen LogP contribution in [0.25, 0.3) is 0 Å². The van der Waals surface area contributed by atoms with Gasteiger partial charge in [0.25, 0.3) is 0 Å². The van der Waals surface area contributed by atoms with E-state index in [1.165, 1.54) is 6.21 Å². The molecule has 0 spiro atoms. The molecule has 3 rings (SSSR count). The Morgan fingerprint density at radius 3 is 2.88 bits per heavy atom. The van der Waals surface area contributed by atoms with E-state index in [2.05, 4.69) is 42.4 Å². The van der Waals surface area contributed by atoms with E-state index in [4.69, 9.17) is 9.47 Å². The van der Waals surface area contributed by atoms with Crippen molar-refractivity contribution in [3.63, 3.8) is 0 Å². The molecule has 0 fully saturated rings. The second-order valence-electron chi connectivity index (χ2n) is 4.98. The highest BCUT2D eigenvalue weighted by Gasteiger charge is 2.14. The molecule has 0 bridgehead atoms. The van der Waals surface area contributed by atoms with Gasteiger partial charge in [-0.1, -0.05) is 22.0 Å². The number of hydrogen-bond donors (Lipinski definition) is 2. The standard InChI is InChI=1S/C16H12Br2N2O4/c17-11-5-10(16(22)12(18)6-11)7-19-20-15(21)4-9-1-2-13-14(3-9)24-8-23-13/h1-3,5-7,22H,4,8H2,(H,20,21)/b19-7-. The molecule has 1 aliphatic rings. The third-order valence-corrected chi connectivity index (χ3v) is 4.31. The number of carbonyl (C=O) groups is 1. The number of phenolic OH excluding ortho intramolecular Hbond substituents is 1. The number of amides is 1. The first-order valence-corrected chi connectivity index (χ1v) is 8.50. The highest BCUT2D eigenvalue weighted by molar-refractivity contribution is 9.11. The van der Waals surface area contributed by atoms with Crippen molar-refractivity contribution in [2.24, 2.45) is 5.10 Å². The van der Waals surface area contributed by atoms with Gasteiger partial charge in [0.1, 0.15) is 5.75 Å². The first-order valence-electron chi connectivity index (χ1n) is 6.91. The lowest BCUT2D eigenvalue weighted by atomic mass is 10.1. The molecular weight excluding hydrogens is 444 g/mol. The molecule has 2 aromatic rings. The Labute approximate surface area is 154 Å². The van der Waals surface area contributed by atoms with Gasteiger partial charge in [-0.25, -0.2) is 5.43 Å². The zero-order chi connectivity index (χ0) is 17.1. The summed E-state index contributed by atoms with van der Waals surface area (Å²) in [5.74, 6) is 1.08. The number of hydrogen-bond acceptors (Lipinski definition) is 5. The lowest BCUT2D eigenvalue weighted by Gasteiger charge is -2.04. The first-order chi connectivity index (χ1) is 11.5. The summed E-state index contributed by atoms with van der Waals surface area (Å²) in [6.45, 7) is 0.195. The SMILES string of the molecule is O=C(Cc1ccc2c(c1)OCO2)N/N=C\c1cc(Br)cc(Br)c1O. The summed E-state index contributed by atoms with van der Waals surface area (Å²) in [5, 5.41) is 13.8. The minimum Gasteiger partial charge on any atom is -0.506 e. The third-order valence-electron chi connectivity index (χ3n) is 3.25. The van der Waals surface area contributed by atoms with Gasteiger partial charge in [-0.2, -0.15) is 5.10 Å². The summed E-state index contributed by atoms with van der Waals surface area (Å²) in [6.07, 6.45) is 1.53. The van der Waals surface area contributed by atoms with Crippen LogP contribution in [-0.2, 0) is 11.2 Å². The first kappa shape index (κ1) is 16.8. The van der Waals surface area contributed by atoms with Crippen molar-refractivity contribution < 1.29 is 19.4 Å². The number of halogens is 2. The van der Waals surface area contributed by atoms with Crippen LogP contribution in [0.3, 0.4) is 0 Å². The molecule has 0 atom stereocenters. The molecule has 1 amide bonds. The molecular formula is C16H12Br2N2O4. The summed E-state index contributed by atoms with van der Waals surface area (Å²) in [5.41, 5.74) is 3.69. The van der Waals surface area contributed by atoms with Crippen LogP contribution >= 0.6 is 31.9 Å². The maximum Gasteiger partial charge on any atom is 0.244 e. The van der Waals surface area contributed by atoms with Crippen LogP contribution in [0.4, 0.5) is 0 Å². The minimum atomic E-state index is -0.279. The van der Waals surface area contributed by atoms with Crippen LogP contribution in [0.2, 0.25) is 0 Å². The number of benzene rings is 2. The number of aromatic hydroxyl groups is 1. The van der Waals surface area contributed by atoms with Crippen LogP contribution in [0.5, 0.6) is 17.2 Å². The van der Waals surface area contributed by atoms with Crippen LogP contribution in [0.15, 0.2) is 44.4 Å². The summed E-state index contributed by atoms with van der Waals surface area (Å²) >= 11 is 6.56. The molecule has 2 aromatic carbocycles. The molecule has 0 radical (unpaired) electrons. The van der Waals surface area contributed by atoms with Gasteiger partial charge in [0.05, 0.1) is 17.1 Å². The normalized spacial score (nSPS) is 12.6. The van der Waals surface area contributed by atoms with E-state index in [1.54, 1.807) is 30.3 Å². The maximum absolute atomic E-state index is 11.9. The van der Waals surface area contributed by atoms with Gasteiger partial charge in [-0.3, -0.25) is 4.79 Å². The van der Waals surface area contributed by atoms with Crippen LogP contribution in [-0.4, -0.2) is 24.0 Å². The Morgan fingerprint density at radius 2 is 2.04 bits per heavy atom. The Hall–Kier alpha value is -2.06. The molecule has 1 heterocycles. The van der Waals surface area contributed by atoms with Gasteiger partial charge in [0, 0.05) is 10.0 Å². The fourth-order valence-corrected chi connectivity index (χ4v) is 3.39. The second-order valence-corrected chi connectivity index (χ2v) is 6.75. The number of fused-ring (bicyclic) bond motifs is 1. The fraction of sp³-hybridized carbons (Fsp3) is 0.125. The third kappa shape index (κ3) is 3.88. The van der Waals surface area contributed by atoms with Crippen LogP contribution in [0.1, 0.15) is 11.1 Å². The van der Waals surface area contributed by atoms with E-state index >= 15 is 0 Å². The van der Waals surface area contributed by atoms with E-state index in [1.807, 2.05) is 0 Å².